The number of ether oxygens (including phenoxy) is 1. The van der Waals surface area contributed by atoms with E-state index in [-0.39, 0.29) is 11.7 Å². The third-order valence-corrected chi connectivity index (χ3v) is 6.11. The summed E-state index contributed by atoms with van der Waals surface area (Å²) >= 11 is 0. The average molecular weight is 395 g/mol. The number of aliphatic hydroxyl groups excluding tert-OH is 1. The van der Waals surface area contributed by atoms with Gasteiger partial charge in [-0.05, 0) is 68.6 Å². The van der Waals surface area contributed by atoms with Crippen molar-refractivity contribution < 1.29 is 27.4 Å². The summed E-state index contributed by atoms with van der Waals surface area (Å²) in [6.07, 6.45) is -3.00. The number of alkyl halides is 3. The first-order chi connectivity index (χ1) is 13.3. The van der Waals surface area contributed by atoms with Crippen LogP contribution in [0.3, 0.4) is 0 Å². The fourth-order valence-electron chi connectivity index (χ4n) is 4.55. The molecule has 2 unspecified atom stereocenters. The number of aryl methyl sites for hydroxylation is 1. The van der Waals surface area contributed by atoms with Gasteiger partial charge in [0.2, 0.25) is 0 Å². The molecule has 2 aromatic rings. The monoisotopic (exact) mass is 395 g/mol. The van der Waals surface area contributed by atoms with Gasteiger partial charge in [0.25, 0.3) is 0 Å². The Balaban J connectivity index is 1.65. The number of rotatable bonds is 4. The molecule has 4 heterocycles. The van der Waals surface area contributed by atoms with E-state index in [4.69, 9.17) is 9.15 Å². The third-order valence-electron chi connectivity index (χ3n) is 6.11. The predicted molar refractivity (Wildman–Crippen MR) is 98.0 cm³/mol. The first-order valence-corrected chi connectivity index (χ1v) is 9.54. The number of furan rings is 1. The molecule has 3 aliphatic heterocycles. The summed E-state index contributed by atoms with van der Waals surface area (Å²) in [6.45, 7) is 4.84. The zero-order valence-electron chi connectivity index (χ0n) is 15.9. The summed E-state index contributed by atoms with van der Waals surface area (Å²) in [5, 5.41) is 10.9. The number of fused-ring (bicyclic) bond motifs is 3. The number of hydrogen-bond acceptors (Lipinski definition) is 4. The van der Waals surface area contributed by atoms with Gasteiger partial charge in [0.05, 0.1) is 18.2 Å². The minimum absolute atomic E-state index is 0.0937. The molecule has 0 saturated carbocycles. The van der Waals surface area contributed by atoms with Gasteiger partial charge in [0.1, 0.15) is 23.4 Å². The molecule has 0 aliphatic carbocycles. The van der Waals surface area contributed by atoms with Gasteiger partial charge in [-0.2, -0.15) is 13.2 Å². The summed E-state index contributed by atoms with van der Waals surface area (Å²) < 4.78 is 50.1. The van der Waals surface area contributed by atoms with E-state index in [0.29, 0.717) is 23.0 Å². The molecule has 3 saturated heterocycles. The molecule has 0 radical (unpaired) electrons. The SMILES string of the molecule is COc1cc(C(F)(F)F)ccc1-c1oc(C(O)C2CN3CCC2CC3)cc1C. The summed E-state index contributed by atoms with van der Waals surface area (Å²) in [4.78, 5) is 2.36. The largest absolute Gasteiger partial charge is 0.496 e. The van der Waals surface area contributed by atoms with Crippen molar-refractivity contribution in [2.24, 2.45) is 11.8 Å². The molecule has 2 bridgehead atoms. The molecule has 7 heteroatoms. The second kappa shape index (κ2) is 7.12. The van der Waals surface area contributed by atoms with E-state index in [1.165, 1.54) is 13.2 Å². The van der Waals surface area contributed by atoms with Crippen LogP contribution in [-0.2, 0) is 6.18 Å². The highest BCUT2D eigenvalue weighted by Crippen LogP contribution is 2.43. The lowest BCUT2D eigenvalue weighted by atomic mass is 9.75. The van der Waals surface area contributed by atoms with E-state index < -0.39 is 17.8 Å². The number of hydrogen-bond donors (Lipinski definition) is 1. The van der Waals surface area contributed by atoms with Crippen molar-refractivity contribution in [1.29, 1.82) is 0 Å². The highest BCUT2D eigenvalue weighted by Gasteiger charge is 2.40. The minimum atomic E-state index is -4.44. The smallest absolute Gasteiger partial charge is 0.416 e. The second-order valence-corrected chi connectivity index (χ2v) is 7.82. The highest BCUT2D eigenvalue weighted by molar-refractivity contribution is 5.69. The first-order valence-electron chi connectivity index (χ1n) is 9.54. The molecule has 0 spiro atoms. The molecule has 1 aromatic carbocycles. The topological polar surface area (TPSA) is 45.8 Å². The lowest BCUT2D eigenvalue weighted by Gasteiger charge is -2.46. The fraction of sp³-hybridized carbons (Fsp3) is 0.524. The van der Waals surface area contributed by atoms with E-state index in [1.807, 2.05) is 6.92 Å². The maximum atomic E-state index is 13.0. The van der Waals surface area contributed by atoms with Gasteiger partial charge in [-0.3, -0.25) is 0 Å². The molecule has 2 atom stereocenters. The number of piperidine rings is 3. The van der Waals surface area contributed by atoms with Crippen LogP contribution < -0.4 is 4.74 Å². The number of methoxy groups -OCH3 is 1. The number of benzene rings is 1. The van der Waals surface area contributed by atoms with Gasteiger partial charge < -0.3 is 19.2 Å². The molecule has 5 rings (SSSR count). The molecule has 3 aliphatic rings. The summed E-state index contributed by atoms with van der Waals surface area (Å²) in [6, 6.07) is 5.14. The van der Waals surface area contributed by atoms with Crippen molar-refractivity contribution in [1.82, 2.24) is 4.90 Å². The van der Waals surface area contributed by atoms with Crippen molar-refractivity contribution >= 4 is 0 Å². The van der Waals surface area contributed by atoms with Crippen molar-refractivity contribution in [3.8, 4) is 17.1 Å². The maximum absolute atomic E-state index is 13.0. The number of aliphatic hydroxyl groups is 1. The van der Waals surface area contributed by atoms with Crippen molar-refractivity contribution in [3.63, 3.8) is 0 Å². The van der Waals surface area contributed by atoms with Crippen LogP contribution in [0.25, 0.3) is 11.3 Å². The van der Waals surface area contributed by atoms with Crippen molar-refractivity contribution in [2.75, 3.05) is 26.7 Å². The van der Waals surface area contributed by atoms with Gasteiger partial charge >= 0.3 is 6.18 Å². The first kappa shape index (κ1) is 19.3. The van der Waals surface area contributed by atoms with E-state index in [2.05, 4.69) is 4.90 Å². The van der Waals surface area contributed by atoms with Crippen LogP contribution in [0.4, 0.5) is 13.2 Å². The molecule has 152 valence electrons. The summed E-state index contributed by atoms with van der Waals surface area (Å²) in [7, 11) is 1.33. The predicted octanol–water partition coefficient (Wildman–Crippen LogP) is 4.66. The van der Waals surface area contributed by atoms with Crippen molar-refractivity contribution in [2.45, 2.75) is 32.0 Å². The molecule has 3 fully saturated rings. The molecule has 1 aromatic heterocycles. The maximum Gasteiger partial charge on any atom is 0.416 e. The van der Waals surface area contributed by atoms with E-state index >= 15 is 0 Å². The fourth-order valence-corrected chi connectivity index (χ4v) is 4.55. The molecular weight excluding hydrogens is 371 g/mol. The van der Waals surface area contributed by atoms with Crippen LogP contribution >= 0.6 is 0 Å². The Bertz CT molecular complexity index is 853. The standard InChI is InChI=1S/C21H24F3NO3/c1-12-9-18(19(26)16-11-25-7-5-13(16)6-8-25)28-20(12)15-4-3-14(21(22,23)24)10-17(15)27-2/h3-4,9-10,13,16,19,26H,5-8,11H2,1-2H3. The van der Waals surface area contributed by atoms with E-state index in [0.717, 1.165) is 50.2 Å². The van der Waals surface area contributed by atoms with Crippen LogP contribution in [0.2, 0.25) is 0 Å². The Morgan fingerprint density at radius 3 is 2.50 bits per heavy atom. The quantitative estimate of drug-likeness (QED) is 0.818. The Kier molecular flexibility index (Phi) is 4.91. The Labute approximate surface area is 161 Å². The van der Waals surface area contributed by atoms with Gasteiger partial charge in [0.15, 0.2) is 0 Å². The number of nitrogens with zero attached hydrogens (tertiary/aromatic N) is 1. The Morgan fingerprint density at radius 1 is 1.21 bits per heavy atom. The van der Waals surface area contributed by atoms with Crippen LogP contribution in [-0.4, -0.2) is 36.8 Å². The van der Waals surface area contributed by atoms with Crippen LogP contribution in [0, 0.1) is 18.8 Å². The van der Waals surface area contributed by atoms with Gasteiger partial charge in [-0.15, -0.1) is 0 Å². The second-order valence-electron chi connectivity index (χ2n) is 7.82. The minimum Gasteiger partial charge on any atom is -0.496 e. The van der Waals surface area contributed by atoms with Crippen LogP contribution in [0.5, 0.6) is 5.75 Å². The Hall–Kier alpha value is -1.99. The lowest BCUT2D eigenvalue weighted by Crippen LogP contribution is -2.49. The normalized spacial score (nSPS) is 25.7. The molecule has 28 heavy (non-hydrogen) atoms. The number of halogens is 3. The zero-order valence-corrected chi connectivity index (χ0v) is 15.9. The summed E-state index contributed by atoms with van der Waals surface area (Å²) in [5.74, 6) is 1.59. The van der Waals surface area contributed by atoms with E-state index in [9.17, 15) is 18.3 Å². The van der Waals surface area contributed by atoms with Crippen LogP contribution in [0.1, 0.15) is 35.8 Å². The van der Waals surface area contributed by atoms with Crippen molar-refractivity contribution in [3.05, 3.63) is 41.2 Å². The van der Waals surface area contributed by atoms with E-state index in [1.54, 1.807) is 6.07 Å². The molecule has 0 amide bonds. The summed E-state index contributed by atoms with van der Waals surface area (Å²) in [5.41, 5.74) is 0.429. The lowest BCUT2D eigenvalue weighted by molar-refractivity contribution is -0.137. The van der Waals surface area contributed by atoms with Gasteiger partial charge in [-0.25, -0.2) is 0 Å². The molecule has 1 N–H and O–H groups in total. The van der Waals surface area contributed by atoms with Gasteiger partial charge in [0, 0.05) is 12.5 Å². The molecular formula is C21H24F3NO3. The van der Waals surface area contributed by atoms with Gasteiger partial charge in [-0.1, -0.05) is 0 Å². The Morgan fingerprint density at radius 2 is 1.93 bits per heavy atom. The zero-order chi connectivity index (χ0) is 20.1. The van der Waals surface area contributed by atoms with Crippen LogP contribution in [0.15, 0.2) is 28.7 Å². The molecule has 4 nitrogen and oxygen atoms in total. The highest BCUT2D eigenvalue weighted by atomic mass is 19.4. The average Bonchev–Trinajstić information content (AvgIpc) is 3.08. The third kappa shape index (κ3) is 3.42.